The van der Waals surface area contributed by atoms with Gasteiger partial charge in [-0.25, -0.2) is 0 Å². The Kier molecular flexibility index (Phi) is 3.59. The van der Waals surface area contributed by atoms with Gasteiger partial charge in [-0.2, -0.15) is 5.10 Å². The summed E-state index contributed by atoms with van der Waals surface area (Å²) in [4.78, 5) is 0. The second-order valence-electron chi connectivity index (χ2n) is 4.18. The Hall–Kier alpha value is -1.52. The maximum absolute atomic E-state index is 5.94. The highest BCUT2D eigenvalue weighted by atomic mass is 35.5. The predicted molar refractivity (Wildman–Crippen MR) is 72.1 cm³/mol. The number of benzene rings is 1. The first-order valence-corrected chi connectivity index (χ1v) is 6.07. The van der Waals surface area contributed by atoms with Gasteiger partial charge in [0, 0.05) is 24.2 Å². The van der Waals surface area contributed by atoms with Crippen molar-refractivity contribution >= 4 is 11.6 Å². The van der Waals surface area contributed by atoms with E-state index in [0.717, 1.165) is 28.5 Å². The highest BCUT2D eigenvalue weighted by molar-refractivity contribution is 6.30. The molecule has 5 heteroatoms. The van der Waals surface area contributed by atoms with E-state index < -0.39 is 0 Å². The molecule has 0 saturated carbocycles. The third-order valence-electron chi connectivity index (χ3n) is 2.90. The fourth-order valence-electron chi connectivity index (χ4n) is 1.82. The van der Waals surface area contributed by atoms with E-state index in [-0.39, 0.29) is 0 Å². The van der Waals surface area contributed by atoms with E-state index in [1.807, 2.05) is 33.0 Å². The van der Waals surface area contributed by atoms with Gasteiger partial charge in [-0.3, -0.25) is 4.68 Å². The topological polar surface area (TPSA) is 53.1 Å². The molecule has 0 aliphatic rings. The standard InChI is InChI=1S/C13H16ClN3O/c1-8-13(9(2)17(3)16-8)18-12-5-4-11(14)6-10(12)7-15/h4-6H,7,15H2,1-3H3. The van der Waals surface area contributed by atoms with Crippen molar-refractivity contribution in [3.8, 4) is 11.5 Å². The lowest BCUT2D eigenvalue weighted by Gasteiger charge is -2.10. The number of aryl methyl sites for hydroxylation is 2. The van der Waals surface area contributed by atoms with Crippen LogP contribution in [0.1, 0.15) is 17.0 Å². The van der Waals surface area contributed by atoms with Crippen molar-refractivity contribution in [2.45, 2.75) is 20.4 Å². The first-order chi connectivity index (χ1) is 8.52. The Morgan fingerprint density at radius 3 is 2.67 bits per heavy atom. The normalized spacial score (nSPS) is 10.7. The Bertz CT molecular complexity index is 578. The van der Waals surface area contributed by atoms with Crippen LogP contribution in [0.2, 0.25) is 5.02 Å². The average Bonchev–Trinajstić information content (AvgIpc) is 2.58. The molecule has 0 aliphatic carbocycles. The first-order valence-electron chi connectivity index (χ1n) is 5.69. The lowest BCUT2D eigenvalue weighted by Crippen LogP contribution is -2.00. The predicted octanol–water partition coefficient (Wildman–Crippen LogP) is 2.94. The van der Waals surface area contributed by atoms with Gasteiger partial charge in [-0.05, 0) is 32.0 Å². The van der Waals surface area contributed by atoms with Gasteiger partial charge in [-0.15, -0.1) is 0 Å². The van der Waals surface area contributed by atoms with Gasteiger partial charge in [0.25, 0.3) is 0 Å². The molecule has 4 nitrogen and oxygen atoms in total. The minimum absolute atomic E-state index is 0.383. The molecule has 1 heterocycles. The fourth-order valence-corrected chi connectivity index (χ4v) is 2.01. The number of nitrogens with zero attached hydrogens (tertiary/aromatic N) is 2. The summed E-state index contributed by atoms with van der Waals surface area (Å²) in [7, 11) is 1.89. The van der Waals surface area contributed by atoms with Crippen molar-refractivity contribution in [3.63, 3.8) is 0 Å². The zero-order valence-electron chi connectivity index (χ0n) is 10.7. The van der Waals surface area contributed by atoms with E-state index in [9.17, 15) is 0 Å². The molecule has 2 aromatic rings. The van der Waals surface area contributed by atoms with Crippen LogP contribution in [-0.2, 0) is 13.6 Å². The minimum atomic E-state index is 0.383. The first kappa shape index (κ1) is 12.9. The summed E-state index contributed by atoms with van der Waals surface area (Å²) in [6, 6.07) is 5.44. The van der Waals surface area contributed by atoms with Crippen LogP contribution in [0.15, 0.2) is 18.2 Å². The summed E-state index contributed by atoms with van der Waals surface area (Å²) in [6.45, 7) is 4.27. The molecule has 0 unspecified atom stereocenters. The molecule has 0 spiro atoms. The van der Waals surface area contributed by atoms with Crippen LogP contribution < -0.4 is 10.5 Å². The second kappa shape index (κ2) is 5.00. The summed E-state index contributed by atoms with van der Waals surface area (Å²) in [5.41, 5.74) is 8.41. The molecule has 1 aromatic heterocycles. The molecule has 0 radical (unpaired) electrons. The molecular weight excluding hydrogens is 250 g/mol. The van der Waals surface area contributed by atoms with Crippen LogP contribution in [0, 0.1) is 13.8 Å². The monoisotopic (exact) mass is 265 g/mol. The van der Waals surface area contributed by atoms with Crippen LogP contribution in [0.5, 0.6) is 11.5 Å². The van der Waals surface area contributed by atoms with E-state index in [1.54, 1.807) is 10.7 Å². The van der Waals surface area contributed by atoms with Crippen molar-refractivity contribution in [1.82, 2.24) is 9.78 Å². The molecule has 0 fully saturated rings. The lowest BCUT2D eigenvalue weighted by molar-refractivity contribution is 0.468. The Labute approximate surface area is 111 Å². The van der Waals surface area contributed by atoms with Gasteiger partial charge in [0.2, 0.25) is 0 Å². The third-order valence-corrected chi connectivity index (χ3v) is 3.13. The van der Waals surface area contributed by atoms with Gasteiger partial charge < -0.3 is 10.5 Å². The van der Waals surface area contributed by atoms with E-state index >= 15 is 0 Å². The van der Waals surface area contributed by atoms with Gasteiger partial charge in [0.15, 0.2) is 5.75 Å². The quantitative estimate of drug-likeness (QED) is 0.928. The number of rotatable bonds is 3. The lowest BCUT2D eigenvalue weighted by atomic mass is 10.2. The molecule has 0 atom stereocenters. The van der Waals surface area contributed by atoms with Crippen molar-refractivity contribution in [2.24, 2.45) is 12.8 Å². The highest BCUT2D eigenvalue weighted by Gasteiger charge is 2.13. The molecule has 96 valence electrons. The third kappa shape index (κ3) is 2.35. The maximum atomic E-state index is 5.94. The summed E-state index contributed by atoms with van der Waals surface area (Å²) >= 11 is 5.94. The van der Waals surface area contributed by atoms with E-state index in [2.05, 4.69) is 5.10 Å². The molecule has 0 saturated heterocycles. The molecule has 1 aromatic carbocycles. The van der Waals surface area contributed by atoms with Gasteiger partial charge >= 0.3 is 0 Å². The molecule has 0 aliphatic heterocycles. The van der Waals surface area contributed by atoms with E-state index in [4.69, 9.17) is 22.1 Å². The van der Waals surface area contributed by atoms with Crippen molar-refractivity contribution in [1.29, 1.82) is 0 Å². The van der Waals surface area contributed by atoms with Crippen LogP contribution >= 0.6 is 11.6 Å². The number of ether oxygens (including phenoxy) is 1. The summed E-state index contributed by atoms with van der Waals surface area (Å²) < 4.78 is 7.71. The van der Waals surface area contributed by atoms with Crippen molar-refractivity contribution in [3.05, 3.63) is 40.2 Å². The second-order valence-corrected chi connectivity index (χ2v) is 4.62. The van der Waals surface area contributed by atoms with Gasteiger partial charge in [-0.1, -0.05) is 11.6 Å². The zero-order chi connectivity index (χ0) is 13.3. The molecule has 2 rings (SSSR count). The smallest absolute Gasteiger partial charge is 0.171 e. The number of aromatic nitrogens is 2. The molecule has 0 amide bonds. The summed E-state index contributed by atoms with van der Waals surface area (Å²) in [5.74, 6) is 1.50. The van der Waals surface area contributed by atoms with E-state index in [0.29, 0.717) is 11.6 Å². The summed E-state index contributed by atoms with van der Waals surface area (Å²) in [6.07, 6.45) is 0. The van der Waals surface area contributed by atoms with E-state index in [1.165, 1.54) is 0 Å². The molecular formula is C13H16ClN3O. The molecule has 0 bridgehead atoms. The number of hydrogen-bond acceptors (Lipinski definition) is 3. The van der Waals surface area contributed by atoms with Gasteiger partial charge in [0.1, 0.15) is 11.4 Å². The van der Waals surface area contributed by atoms with Crippen LogP contribution in [0.4, 0.5) is 0 Å². The zero-order valence-corrected chi connectivity index (χ0v) is 11.5. The average molecular weight is 266 g/mol. The van der Waals surface area contributed by atoms with Crippen LogP contribution in [-0.4, -0.2) is 9.78 Å². The number of hydrogen-bond donors (Lipinski definition) is 1. The number of halogens is 1. The van der Waals surface area contributed by atoms with Gasteiger partial charge in [0.05, 0.1) is 5.69 Å². The largest absolute Gasteiger partial charge is 0.453 e. The summed E-state index contributed by atoms with van der Waals surface area (Å²) in [5, 5.41) is 4.97. The van der Waals surface area contributed by atoms with Crippen LogP contribution in [0.3, 0.4) is 0 Å². The Morgan fingerprint density at radius 1 is 1.39 bits per heavy atom. The Morgan fingerprint density at radius 2 is 2.11 bits per heavy atom. The van der Waals surface area contributed by atoms with Crippen molar-refractivity contribution in [2.75, 3.05) is 0 Å². The maximum Gasteiger partial charge on any atom is 0.171 e. The van der Waals surface area contributed by atoms with Crippen LogP contribution in [0.25, 0.3) is 0 Å². The SMILES string of the molecule is Cc1nn(C)c(C)c1Oc1ccc(Cl)cc1CN. The molecule has 2 N–H and O–H groups in total. The number of nitrogens with two attached hydrogens (primary N) is 1. The molecule has 18 heavy (non-hydrogen) atoms. The van der Waals surface area contributed by atoms with Crippen molar-refractivity contribution < 1.29 is 4.74 Å². The Balaban J connectivity index is 2.39. The fraction of sp³-hybridized carbons (Fsp3) is 0.308. The highest BCUT2D eigenvalue weighted by Crippen LogP contribution is 2.31. The minimum Gasteiger partial charge on any atom is -0.453 e.